The van der Waals surface area contributed by atoms with Crippen LogP contribution >= 0.6 is 11.3 Å². The number of carbonyl (C=O) groups excluding carboxylic acids is 1. The Hall–Kier alpha value is -3.07. The SMILES string of the molecule is CN(C)S(=O)(=O)c1ccc(C(=O)Oc2ccccc2-c2nc3ccccc3s2)cc1. The van der Waals surface area contributed by atoms with Crippen molar-refractivity contribution in [1.82, 2.24) is 9.29 Å². The van der Waals surface area contributed by atoms with Crippen molar-refractivity contribution in [2.24, 2.45) is 0 Å². The summed E-state index contributed by atoms with van der Waals surface area (Å²) in [5.41, 5.74) is 1.86. The predicted molar refractivity (Wildman–Crippen MR) is 117 cm³/mol. The molecule has 0 radical (unpaired) electrons. The van der Waals surface area contributed by atoms with Gasteiger partial charge in [-0.2, -0.15) is 0 Å². The number of hydrogen-bond acceptors (Lipinski definition) is 6. The maximum Gasteiger partial charge on any atom is 0.343 e. The zero-order valence-corrected chi connectivity index (χ0v) is 17.9. The second kappa shape index (κ2) is 7.98. The fourth-order valence-electron chi connectivity index (χ4n) is 2.85. The number of nitrogens with zero attached hydrogens (tertiary/aromatic N) is 2. The lowest BCUT2D eigenvalue weighted by atomic mass is 10.2. The molecule has 0 aliphatic rings. The van der Waals surface area contributed by atoms with Crippen LogP contribution in [0, 0.1) is 0 Å². The largest absolute Gasteiger partial charge is 0.422 e. The summed E-state index contributed by atoms with van der Waals surface area (Å²) in [6.45, 7) is 0. The minimum Gasteiger partial charge on any atom is -0.422 e. The van der Waals surface area contributed by atoms with Gasteiger partial charge in [-0.25, -0.2) is 22.5 Å². The Labute approximate surface area is 178 Å². The molecule has 0 N–H and O–H groups in total. The van der Waals surface area contributed by atoms with E-state index in [1.165, 1.54) is 49.7 Å². The summed E-state index contributed by atoms with van der Waals surface area (Å²) in [7, 11) is -0.650. The Kier molecular flexibility index (Phi) is 5.38. The molecule has 0 saturated carbocycles. The molecule has 0 fully saturated rings. The molecule has 1 heterocycles. The molecule has 30 heavy (non-hydrogen) atoms. The van der Waals surface area contributed by atoms with Crippen molar-refractivity contribution in [3.05, 3.63) is 78.4 Å². The topological polar surface area (TPSA) is 76.6 Å². The number of sulfonamides is 1. The van der Waals surface area contributed by atoms with Gasteiger partial charge in [0.1, 0.15) is 10.8 Å². The van der Waals surface area contributed by atoms with Crippen LogP contribution in [0.2, 0.25) is 0 Å². The summed E-state index contributed by atoms with van der Waals surface area (Å²) in [5.74, 6) is -0.177. The fourth-order valence-corrected chi connectivity index (χ4v) is 4.75. The van der Waals surface area contributed by atoms with Crippen LogP contribution < -0.4 is 4.74 Å². The van der Waals surface area contributed by atoms with E-state index >= 15 is 0 Å². The molecule has 0 atom stereocenters. The van der Waals surface area contributed by atoms with Gasteiger partial charge in [0.15, 0.2) is 0 Å². The third kappa shape index (κ3) is 3.85. The van der Waals surface area contributed by atoms with Crippen molar-refractivity contribution in [1.29, 1.82) is 0 Å². The Bertz CT molecular complexity index is 1290. The van der Waals surface area contributed by atoms with Gasteiger partial charge in [-0.05, 0) is 48.5 Å². The highest BCUT2D eigenvalue weighted by Gasteiger charge is 2.19. The van der Waals surface area contributed by atoms with Gasteiger partial charge in [0.05, 0.1) is 26.2 Å². The molecule has 8 heteroatoms. The second-order valence-electron chi connectivity index (χ2n) is 6.68. The summed E-state index contributed by atoms with van der Waals surface area (Å²) in [6, 6.07) is 20.7. The Balaban J connectivity index is 1.61. The molecule has 0 spiro atoms. The number of carbonyl (C=O) groups is 1. The molecule has 4 aromatic rings. The van der Waals surface area contributed by atoms with E-state index in [0.717, 1.165) is 25.1 Å². The number of ether oxygens (including phenoxy) is 1. The lowest BCUT2D eigenvalue weighted by molar-refractivity contribution is 0.0735. The van der Waals surface area contributed by atoms with Crippen molar-refractivity contribution in [2.45, 2.75) is 4.90 Å². The highest BCUT2D eigenvalue weighted by molar-refractivity contribution is 7.89. The van der Waals surface area contributed by atoms with E-state index in [-0.39, 0.29) is 10.5 Å². The van der Waals surface area contributed by atoms with Crippen LogP contribution in [0.3, 0.4) is 0 Å². The molecule has 0 unspecified atom stereocenters. The maximum atomic E-state index is 12.7. The number of esters is 1. The van der Waals surface area contributed by atoms with Crippen LogP contribution in [0.5, 0.6) is 5.75 Å². The number of fused-ring (bicyclic) bond motifs is 1. The van der Waals surface area contributed by atoms with Crippen molar-refractivity contribution >= 4 is 37.5 Å². The van der Waals surface area contributed by atoms with Gasteiger partial charge >= 0.3 is 5.97 Å². The van der Waals surface area contributed by atoms with E-state index in [2.05, 4.69) is 4.98 Å². The molecule has 0 aliphatic carbocycles. The smallest absolute Gasteiger partial charge is 0.343 e. The molecule has 3 aromatic carbocycles. The van der Waals surface area contributed by atoms with Gasteiger partial charge in [0.25, 0.3) is 0 Å². The van der Waals surface area contributed by atoms with Crippen LogP contribution in [-0.2, 0) is 10.0 Å². The number of benzene rings is 3. The third-order valence-electron chi connectivity index (χ3n) is 4.48. The molecular weight excluding hydrogens is 420 g/mol. The van der Waals surface area contributed by atoms with Crippen molar-refractivity contribution in [3.63, 3.8) is 0 Å². The van der Waals surface area contributed by atoms with Gasteiger partial charge in [-0.1, -0.05) is 24.3 Å². The van der Waals surface area contributed by atoms with Crippen LogP contribution in [0.4, 0.5) is 0 Å². The van der Waals surface area contributed by atoms with Crippen LogP contribution in [0.25, 0.3) is 20.8 Å². The summed E-state index contributed by atoms with van der Waals surface area (Å²) < 4.78 is 32.2. The minimum absolute atomic E-state index is 0.110. The van der Waals surface area contributed by atoms with E-state index in [9.17, 15) is 13.2 Å². The summed E-state index contributed by atoms with van der Waals surface area (Å²) >= 11 is 1.52. The standard InChI is InChI=1S/C22H18N2O4S2/c1-24(2)30(26,27)16-13-11-15(12-14-16)22(25)28-19-9-5-3-7-17(19)21-23-18-8-4-6-10-20(18)29-21/h3-14H,1-2H3. The highest BCUT2D eigenvalue weighted by Crippen LogP contribution is 2.35. The summed E-state index contributed by atoms with van der Waals surface area (Å²) in [6.07, 6.45) is 0. The highest BCUT2D eigenvalue weighted by atomic mass is 32.2. The van der Waals surface area contributed by atoms with Crippen molar-refractivity contribution in [3.8, 4) is 16.3 Å². The van der Waals surface area contributed by atoms with E-state index in [1.807, 2.05) is 36.4 Å². The molecule has 152 valence electrons. The molecule has 0 amide bonds. The molecule has 0 aliphatic heterocycles. The third-order valence-corrected chi connectivity index (χ3v) is 7.38. The molecule has 6 nitrogen and oxygen atoms in total. The first-order valence-electron chi connectivity index (χ1n) is 9.06. The first kappa shape index (κ1) is 20.2. The summed E-state index contributed by atoms with van der Waals surface area (Å²) in [4.78, 5) is 17.4. The molecule has 0 bridgehead atoms. The zero-order chi connectivity index (χ0) is 21.3. The Morgan fingerprint density at radius 2 is 1.60 bits per heavy atom. The lowest BCUT2D eigenvalue weighted by Gasteiger charge is -2.12. The van der Waals surface area contributed by atoms with Gasteiger partial charge < -0.3 is 4.74 Å². The molecular formula is C22H18N2O4S2. The van der Waals surface area contributed by atoms with Crippen molar-refractivity contribution < 1.29 is 17.9 Å². The minimum atomic E-state index is -3.56. The zero-order valence-electron chi connectivity index (χ0n) is 16.3. The number of rotatable bonds is 5. The molecule has 0 saturated heterocycles. The normalized spacial score (nSPS) is 11.7. The van der Waals surface area contributed by atoms with E-state index < -0.39 is 16.0 Å². The Morgan fingerprint density at radius 1 is 0.933 bits per heavy atom. The molecule has 1 aromatic heterocycles. The maximum absolute atomic E-state index is 12.7. The monoisotopic (exact) mass is 438 g/mol. The van der Waals surface area contributed by atoms with E-state index in [1.54, 1.807) is 12.1 Å². The summed E-state index contributed by atoms with van der Waals surface area (Å²) in [5, 5.41) is 0.757. The number of hydrogen-bond donors (Lipinski definition) is 0. The number of aromatic nitrogens is 1. The fraction of sp³-hybridized carbons (Fsp3) is 0.0909. The lowest BCUT2D eigenvalue weighted by Crippen LogP contribution is -2.22. The Morgan fingerprint density at radius 3 is 2.30 bits per heavy atom. The van der Waals surface area contributed by atoms with Gasteiger partial charge in [0, 0.05) is 14.1 Å². The molecule has 4 rings (SSSR count). The van der Waals surface area contributed by atoms with Crippen molar-refractivity contribution in [2.75, 3.05) is 14.1 Å². The quantitative estimate of drug-likeness (QED) is 0.340. The van der Waals surface area contributed by atoms with Crippen LogP contribution in [0.1, 0.15) is 10.4 Å². The van der Waals surface area contributed by atoms with E-state index in [4.69, 9.17) is 4.74 Å². The average molecular weight is 439 g/mol. The predicted octanol–water partition coefficient (Wildman–Crippen LogP) is 4.43. The van der Waals surface area contributed by atoms with Gasteiger partial charge in [-0.3, -0.25) is 0 Å². The van der Waals surface area contributed by atoms with Gasteiger partial charge in [0.2, 0.25) is 10.0 Å². The number of thiazole rings is 1. The van der Waals surface area contributed by atoms with Crippen LogP contribution in [0.15, 0.2) is 77.7 Å². The second-order valence-corrected chi connectivity index (χ2v) is 9.87. The first-order chi connectivity index (χ1) is 14.4. The van der Waals surface area contributed by atoms with Gasteiger partial charge in [-0.15, -0.1) is 11.3 Å². The van der Waals surface area contributed by atoms with Crippen LogP contribution in [-0.4, -0.2) is 37.8 Å². The number of para-hydroxylation sites is 2. The average Bonchev–Trinajstić information content (AvgIpc) is 3.18. The first-order valence-corrected chi connectivity index (χ1v) is 11.3. The van der Waals surface area contributed by atoms with E-state index in [0.29, 0.717) is 5.75 Å².